The summed E-state index contributed by atoms with van der Waals surface area (Å²) in [5.41, 5.74) is 0.0806. The number of rotatable bonds is 5. The predicted octanol–water partition coefficient (Wildman–Crippen LogP) is 2.65. The molecule has 1 amide bonds. The van der Waals surface area contributed by atoms with E-state index in [9.17, 15) is 18.0 Å². The zero-order chi connectivity index (χ0) is 18.1. The Balaban J connectivity index is 1.97. The molecular formula is C14H17ClF3N5O. The fourth-order valence-electron chi connectivity index (χ4n) is 2.19. The maximum absolute atomic E-state index is 12.6. The molecule has 0 radical (unpaired) electrons. The minimum Gasteiger partial charge on any atom is -0.340 e. The molecule has 10 heteroatoms. The molecule has 0 N–H and O–H groups in total. The molecule has 0 aromatic carbocycles. The van der Waals surface area contributed by atoms with E-state index in [1.807, 2.05) is 0 Å². The van der Waals surface area contributed by atoms with E-state index in [1.54, 1.807) is 18.8 Å². The number of alkyl halides is 3. The molecule has 24 heavy (non-hydrogen) atoms. The van der Waals surface area contributed by atoms with Gasteiger partial charge in [-0.05, 0) is 13.0 Å². The van der Waals surface area contributed by atoms with Crippen LogP contribution in [0.3, 0.4) is 0 Å². The lowest BCUT2D eigenvalue weighted by molar-refractivity contribution is -0.141. The zero-order valence-electron chi connectivity index (χ0n) is 13.4. The van der Waals surface area contributed by atoms with Crippen molar-refractivity contribution in [2.75, 3.05) is 7.05 Å². The van der Waals surface area contributed by atoms with Crippen molar-refractivity contribution in [3.05, 3.63) is 34.4 Å². The van der Waals surface area contributed by atoms with Gasteiger partial charge in [-0.3, -0.25) is 14.2 Å². The van der Waals surface area contributed by atoms with Crippen molar-refractivity contribution < 1.29 is 18.0 Å². The summed E-state index contributed by atoms with van der Waals surface area (Å²) in [6.07, 6.45) is -2.97. The molecule has 0 aliphatic carbocycles. The highest BCUT2D eigenvalue weighted by atomic mass is 35.5. The molecule has 0 saturated carbocycles. The third kappa shape index (κ3) is 4.08. The Kier molecular flexibility index (Phi) is 5.22. The largest absolute Gasteiger partial charge is 0.435 e. The zero-order valence-corrected chi connectivity index (χ0v) is 14.2. The molecule has 0 fully saturated rings. The van der Waals surface area contributed by atoms with Crippen LogP contribution in [0.25, 0.3) is 0 Å². The number of hydrogen-bond donors (Lipinski definition) is 0. The van der Waals surface area contributed by atoms with Crippen molar-refractivity contribution in [1.29, 1.82) is 0 Å². The number of hydrogen-bond acceptors (Lipinski definition) is 3. The van der Waals surface area contributed by atoms with Crippen LogP contribution in [0.2, 0.25) is 5.02 Å². The molecule has 0 spiro atoms. The number of aryl methyl sites for hydroxylation is 3. The molecule has 0 aliphatic heterocycles. The van der Waals surface area contributed by atoms with Crippen LogP contribution in [0.1, 0.15) is 23.5 Å². The van der Waals surface area contributed by atoms with Crippen molar-refractivity contribution in [3.8, 4) is 0 Å². The average Bonchev–Trinajstić information content (AvgIpc) is 3.01. The molecule has 132 valence electrons. The summed E-state index contributed by atoms with van der Waals surface area (Å²) < 4.78 is 40.6. The van der Waals surface area contributed by atoms with Gasteiger partial charge in [0.25, 0.3) is 0 Å². The highest BCUT2D eigenvalue weighted by Gasteiger charge is 2.34. The second-order valence-corrected chi connectivity index (χ2v) is 5.86. The van der Waals surface area contributed by atoms with Crippen LogP contribution in [0.5, 0.6) is 0 Å². The number of nitrogens with zero attached hydrogens (tertiary/aromatic N) is 5. The van der Waals surface area contributed by atoms with E-state index in [2.05, 4.69) is 10.2 Å². The standard InChI is InChI=1S/C14H17ClF3N5O/c1-9-6-12(14(16,17)18)20-23(9)5-4-13(24)21(2)8-11-10(15)7-19-22(11)3/h6-7H,4-5,8H2,1-3H3. The summed E-state index contributed by atoms with van der Waals surface area (Å²) in [4.78, 5) is 13.6. The van der Waals surface area contributed by atoms with Crippen molar-refractivity contribution in [2.24, 2.45) is 7.05 Å². The second-order valence-electron chi connectivity index (χ2n) is 5.45. The number of carbonyl (C=O) groups excluding carboxylic acids is 1. The van der Waals surface area contributed by atoms with Crippen LogP contribution in [0.15, 0.2) is 12.3 Å². The fraction of sp³-hybridized carbons (Fsp3) is 0.500. The SMILES string of the molecule is Cc1cc(C(F)(F)F)nn1CCC(=O)N(C)Cc1c(Cl)cnn1C. The Hall–Kier alpha value is -2.03. The van der Waals surface area contributed by atoms with Crippen LogP contribution < -0.4 is 0 Å². The third-order valence-electron chi connectivity index (χ3n) is 3.63. The molecule has 0 unspecified atom stereocenters. The molecule has 2 aromatic rings. The monoisotopic (exact) mass is 363 g/mol. The van der Waals surface area contributed by atoms with E-state index in [0.717, 1.165) is 6.07 Å². The van der Waals surface area contributed by atoms with Gasteiger partial charge in [-0.15, -0.1) is 0 Å². The highest BCUT2D eigenvalue weighted by molar-refractivity contribution is 6.31. The summed E-state index contributed by atoms with van der Waals surface area (Å²) in [7, 11) is 3.31. The van der Waals surface area contributed by atoms with Gasteiger partial charge < -0.3 is 4.90 Å². The smallest absolute Gasteiger partial charge is 0.340 e. The van der Waals surface area contributed by atoms with E-state index in [1.165, 1.54) is 22.7 Å². The Morgan fingerprint density at radius 3 is 2.58 bits per heavy atom. The van der Waals surface area contributed by atoms with Crippen molar-refractivity contribution in [1.82, 2.24) is 24.5 Å². The maximum atomic E-state index is 12.6. The number of amides is 1. The Labute approximate surface area is 141 Å². The van der Waals surface area contributed by atoms with Crippen LogP contribution in [-0.2, 0) is 31.1 Å². The van der Waals surface area contributed by atoms with E-state index >= 15 is 0 Å². The van der Waals surface area contributed by atoms with Crippen LogP contribution in [0.4, 0.5) is 13.2 Å². The molecule has 0 saturated heterocycles. The maximum Gasteiger partial charge on any atom is 0.435 e. The van der Waals surface area contributed by atoms with Crippen molar-refractivity contribution in [2.45, 2.75) is 32.6 Å². The molecule has 6 nitrogen and oxygen atoms in total. The first-order chi connectivity index (χ1) is 11.1. The average molecular weight is 364 g/mol. The molecule has 2 aromatic heterocycles. The van der Waals surface area contributed by atoms with Gasteiger partial charge in [0.05, 0.1) is 23.5 Å². The van der Waals surface area contributed by atoms with Gasteiger partial charge in [-0.25, -0.2) is 0 Å². The molecule has 2 rings (SSSR count). The third-order valence-corrected chi connectivity index (χ3v) is 3.95. The summed E-state index contributed by atoms with van der Waals surface area (Å²) in [5, 5.41) is 7.94. The molecule has 0 atom stereocenters. The topological polar surface area (TPSA) is 56.0 Å². The van der Waals surface area contributed by atoms with E-state index in [-0.39, 0.29) is 25.4 Å². The number of halogens is 4. The van der Waals surface area contributed by atoms with Crippen LogP contribution >= 0.6 is 11.6 Å². The van der Waals surface area contributed by atoms with E-state index in [0.29, 0.717) is 16.4 Å². The van der Waals surface area contributed by atoms with Crippen molar-refractivity contribution >= 4 is 17.5 Å². The molecule has 2 heterocycles. The van der Waals surface area contributed by atoms with Gasteiger partial charge in [0.1, 0.15) is 0 Å². The summed E-state index contributed by atoms with van der Waals surface area (Å²) in [6, 6.07) is 0.962. The molecule has 0 bridgehead atoms. The second kappa shape index (κ2) is 6.84. The summed E-state index contributed by atoms with van der Waals surface area (Å²) in [5.74, 6) is -0.226. The van der Waals surface area contributed by atoms with Gasteiger partial charge in [0.2, 0.25) is 5.91 Å². The minimum absolute atomic E-state index is 0.0335. The van der Waals surface area contributed by atoms with Gasteiger partial charge in [-0.2, -0.15) is 23.4 Å². The first kappa shape index (κ1) is 18.3. The molecule has 0 aliphatic rings. The van der Waals surface area contributed by atoms with Gasteiger partial charge in [0, 0.05) is 32.8 Å². The predicted molar refractivity (Wildman–Crippen MR) is 81.3 cm³/mol. The normalized spacial score (nSPS) is 11.8. The first-order valence-corrected chi connectivity index (χ1v) is 7.49. The lowest BCUT2D eigenvalue weighted by Gasteiger charge is -2.17. The van der Waals surface area contributed by atoms with Crippen molar-refractivity contribution in [3.63, 3.8) is 0 Å². The van der Waals surface area contributed by atoms with Gasteiger partial charge >= 0.3 is 6.18 Å². The number of carbonyl (C=O) groups is 1. The quantitative estimate of drug-likeness (QED) is 0.820. The van der Waals surface area contributed by atoms with E-state index in [4.69, 9.17) is 11.6 Å². The minimum atomic E-state index is -4.49. The summed E-state index contributed by atoms with van der Waals surface area (Å²) >= 11 is 5.99. The molecular weight excluding hydrogens is 347 g/mol. The highest BCUT2D eigenvalue weighted by Crippen LogP contribution is 2.28. The van der Waals surface area contributed by atoms with Gasteiger partial charge in [0.15, 0.2) is 5.69 Å². The number of aromatic nitrogens is 4. The van der Waals surface area contributed by atoms with Crippen LogP contribution in [0, 0.1) is 6.92 Å². The van der Waals surface area contributed by atoms with Gasteiger partial charge in [-0.1, -0.05) is 11.6 Å². The lowest BCUT2D eigenvalue weighted by Crippen LogP contribution is -2.28. The summed E-state index contributed by atoms with van der Waals surface area (Å²) in [6.45, 7) is 1.86. The van der Waals surface area contributed by atoms with E-state index < -0.39 is 11.9 Å². The fourth-order valence-corrected chi connectivity index (χ4v) is 2.42. The first-order valence-electron chi connectivity index (χ1n) is 7.11. The Morgan fingerprint density at radius 2 is 2.08 bits per heavy atom. The van der Waals surface area contributed by atoms with Crippen LogP contribution in [-0.4, -0.2) is 37.4 Å². The lowest BCUT2D eigenvalue weighted by atomic mass is 10.3. The Bertz CT molecular complexity index is 718. The Morgan fingerprint density at radius 1 is 1.42 bits per heavy atom.